The van der Waals surface area contributed by atoms with Crippen LogP contribution in [0.1, 0.15) is 25.8 Å². The van der Waals surface area contributed by atoms with Gasteiger partial charge in [-0.1, -0.05) is 20.8 Å². The van der Waals surface area contributed by atoms with Gasteiger partial charge in [0.25, 0.3) is 0 Å². The third-order valence-corrected chi connectivity index (χ3v) is 3.67. The topological polar surface area (TPSA) is 25.8 Å². The molecule has 0 fully saturated rings. The van der Waals surface area contributed by atoms with Crippen LogP contribution in [0, 0.1) is 0 Å². The van der Waals surface area contributed by atoms with E-state index in [1.165, 1.54) is 0 Å². The minimum absolute atomic E-state index is 0.101. The highest BCUT2D eigenvalue weighted by molar-refractivity contribution is 7.80. The maximum atomic E-state index is 4.59. The van der Waals surface area contributed by atoms with E-state index < -0.39 is 0 Å². The minimum Gasteiger partial charge on any atom is -0.262 e. The Balaban J connectivity index is 2.69. The van der Waals surface area contributed by atoms with Crippen LogP contribution < -0.4 is 0 Å². The highest BCUT2D eigenvalue weighted by Crippen LogP contribution is 2.32. The van der Waals surface area contributed by atoms with Crippen LogP contribution in [-0.2, 0) is 5.41 Å². The molecule has 0 N–H and O–H groups in total. The molecule has 14 heavy (non-hydrogen) atoms. The number of rotatable bonds is 0. The Labute approximate surface area is 92.8 Å². The van der Waals surface area contributed by atoms with Crippen LogP contribution in [-0.4, -0.2) is 9.97 Å². The normalized spacial score (nSPS) is 12.3. The minimum atomic E-state index is 0.101. The van der Waals surface area contributed by atoms with E-state index in [0.29, 0.717) is 0 Å². The second-order valence-electron chi connectivity index (χ2n) is 4.27. The van der Waals surface area contributed by atoms with Crippen molar-refractivity contribution in [3.8, 4) is 0 Å². The van der Waals surface area contributed by atoms with Crippen molar-refractivity contribution in [2.24, 2.45) is 0 Å². The van der Waals surface area contributed by atoms with Gasteiger partial charge >= 0.3 is 0 Å². The second kappa shape index (κ2) is 3.21. The Morgan fingerprint density at radius 3 is 2.57 bits per heavy atom. The molecule has 0 radical (unpaired) electrons. The van der Waals surface area contributed by atoms with Gasteiger partial charge in [-0.05, 0) is 0 Å². The van der Waals surface area contributed by atoms with Crippen LogP contribution in [0.15, 0.2) is 17.3 Å². The zero-order chi connectivity index (χ0) is 10.3. The molecule has 2 aromatic rings. The van der Waals surface area contributed by atoms with Gasteiger partial charge in [0.15, 0.2) is 0 Å². The van der Waals surface area contributed by atoms with Crippen molar-refractivity contribution in [2.75, 3.05) is 0 Å². The van der Waals surface area contributed by atoms with E-state index in [1.54, 1.807) is 17.5 Å². The lowest BCUT2D eigenvalue weighted by Crippen LogP contribution is -2.09. The lowest BCUT2D eigenvalue weighted by molar-refractivity contribution is 0.587. The van der Waals surface area contributed by atoms with Crippen LogP contribution in [0.25, 0.3) is 10.2 Å². The highest BCUT2D eigenvalue weighted by Gasteiger charge is 2.19. The van der Waals surface area contributed by atoms with E-state index in [-0.39, 0.29) is 5.41 Å². The van der Waals surface area contributed by atoms with E-state index in [4.69, 9.17) is 0 Å². The molecular formula is C10H12N2S2. The Morgan fingerprint density at radius 1 is 1.29 bits per heavy atom. The smallest absolute Gasteiger partial charge is 0.0993 e. The number of aromatic nitrogens is 2. The molecule has 2 rings (SSSR count). The van der Waals surface area contributed by atoms with Gasteiger partial charge in [-0.2, -0.15) is 0 Å². The fourth-order valence-electron chi connectivity index (χ4n) is 1.16. The summed E-state index contributed by atoms with van der Waals surface area (Å²) in [5.41, 5.74) is 1.07. The highest BCUT2D eigenvalue weighted by atomic mass is 32.1. The molecule has 2 nitrogen and oxygen atoms in total. The third-order valence-electron chi connectivity index (χ3n) is 1.93. The maximum absolute atomic E-state index is 4.59. The number of hydrogen-bond donors (Lipinski definition) is 1. The zero-order valence-electron chi connectivity index (χ0n) is 8.40. The van der Waals surface area contributed by atoms with Gasteiger partial charge in [-0.3, -0.25) is 4.98 Å². The lowest BCUT2D eigenvalue weighted by Gasteiger charge is -2.13. The van der Waals surface area contributed by atoms with Crippen molar-refractivity contribution in [1.82, 2.24) is 9.97 Å². The van der Waals surface area contributed by atoms with Crippen molar-refractivity contribution in [3.63, 3.8) is 0 Å². The molecule has 0 atom stereocenters. The Hall–Kier alpha value is -0.610. The standard InChI is InChI=1S/C10H12N2S2/c1-10(2,3)9-12-8-6(13)4-11-5-7(8)14-9/h4-5,13H,1-3H3. The first-order chi connectivity index (χ1) is 6.48. The molecule has 0 aliphatic heterocycles. The molecule has 0 bridgehead atoms. The number of fused-ring (bicyclic) bond motifs is 1. The number of thiol groups is 1. The molecule has 4 heteroatoms. The second-order valence-corrected chi connectivity index (χ2v) is 5.79. The molecule has 0 unspecified atom stereocenters. The lowest BCUT2D eigenvalue weighted by atomic mass is 9.98. The summed E-state index contributed by atoms with van der Waals surface area (Å²) < 4.78 is 1.11. The van der Waals surface area contributed by atoms with Crippen LogP contribution in [0.2, 0.25) is 0 Å². The van der Waals surface area contributed by atoms with Crippen molar-refractivity contribution in [2.45, 2.75) is 31.1 Å². The van der Waals surface area contributed by atoms with E-state index in [0.717, 1.165) is 20.1 Å². The molecule has 0 amide bonds. The predicted octanol–water partition coefficient (Wildman–Crippen LogP) is 3.28. The number of thiazole rings is 1. The molecule has 0 aliphatic carbocycles. The number of pyridine rings is 1. The third kappa shape index (κ3) is 1.64. The maximum Gasteiger partial charge on any atom is 0.0993 e. The largest absolute Gasteiger partial charge is 0.262 e. The molecule has 0 spiro atoms. The molecule has 0 aromatic carbocycles. The summed E-state index contributed by atoms with van der Waals surface area (Å²) in [4.78, 5) is 9.54. The quantitative estimate of drug-likeness (QED) is 0.695. The van der Waals surface area contributed by atoms with Gasteiger partial charge in [0, 0.05) is 22.7 Å². The Kier molecular flexibility index (Phi) is 2.27. The summed E-state index contributed by atoms with van der Waals surface area (Å²) in [5.74, 6) is 0. The van der Waals surface area contributed by atoms with Gasteiger partial charge in [0.2, 0.25) is 0 Å². The summed E-state index contributed by atoms with van der Waals surface area (Å²) in [6.07, 6.45) is 3.58. The summed E-state index contributed by atoms with van der Waals surface area (Å²) in [6, 6.07) is 0. The Morgan fingerprint density at radius 2 is 2.00 bits per heavy atom. The van der Waals surface area contributed by atoms with E-state index in [2.05, 4.69) is 43.4 Å². The van der Waals surface area contributed by atoms with Crippen LogP contribution in [0.5, 0.6) is 0 Å². The summed E-state index contributed by atoms with van der Waals surface area (Å²) in [5, 5.41) is 1.14. The number of hydrogen-bond acceptors (Lipinski definition) is 4. The van der Waals surface area contributed by atoms with E-state index >= 15 is 0 Å². The van der Waals surface area contributed by atoms with E-state index in [9.17, 15) is 0 Å². The van der Waals surface area contributed by atoms with Gasteiger partial charge < -0.3 is 0 Å². The van der Waals surface area contributed by atoms with Crippen molar-refractivity contribution < 1.29 is 0 Å². The molecule has 2 heterocycles. The number of nitrogens with zero attached hydrogens (tertiary/aromatic N) is 2. The van der Waals surface area contributed by atoms with Gasteiger partial charge in [-0.15, -0.1) is 24.0 Å². The first kappa shape index (κ1) is 9.93. The van der Waals surface area contributed by atoms with Gasteiger partial charge in [0.1, 0.15) is 0 Å². The monoisotopic (exact) mass is 224 g/mol. The molecular weight excluding hydrogens is 212 g/mol. The predicted molar refractivity (Wildman–Crippen MR) is 63.4 cm³/mol. The van der Waals surface area contributed by atoms with Gasteiger partial charge in [-0.25, -0.2) is 4.98 Å². The zero-order valence-corrected chi connectivity index (χ0v) is 10.1. The van der Waals surface area contributed by atoms with Crippen LogP contribution in [0.4, 0.5) is 0 Å². The van der Waals surface area contributed by atoms with Crippen molar-refractivity contribution in [3.05, 3.63) is 17.4 Å². The fourth-order valence-corrected chi connectivity index (χ4v) is 2.49. The SMILES string of the molecule is CC(C)(C)c1nc2c(S)cncc2s1. The molecule has 74 valence electrons. The summed E-state index contributed by atoms with van der Waals surface area (Å²) in [7, 11) is 0. The summed E-state index contributed by atoms with van der Waals surface area (Å²) in [6.45, 7) is 6.49. The molecule has 0 saturated carbocycles. The fraction of sp³-hybridized carbons (Fsp3) is 0.400. The first-order valence-corrected chi connectivity index (χ1v) is 5.69. The average Bonchev–Trinajstić information content (AvgIpc) is 2.48. The van der Waals surface area contributed by atoms with Crippen LogP contribution in [0.3, 0.4) is 0 Å². The average molecular weight is 224 g/mol. The van der Waals surface area contributed by atoms with Gasteiger partial charge in [0.05, 0.1) is 15.2 Å². The Bertz CT molecular complexity index is 468. The van der Waals surface area contributed by atoms with Crippen LogP contribution >= 0.6 is 24.0 Å². The first-order valence-electron chi connectivity index (χ1n) is 4.42. The van der Waals surface area contributed by atoms with Crippen molar-refractivity contribution >= 4 is 34.2 Å². The molecule has 2 aromatic heterocycles. The van der Waals surface area contributed by atoms with E-state index in [1.807, 2.05) is 6.20 Å². The summed E-state index contributed by atoms with van der Waals surface area (Å²) >= 11 is 6.04. The molecule has 0 aliphatic rings. The molecule has 0 saturated heterocycles. The van der Waals surface area contributed by atoms with Crippen molar-refractivity contribution in [1.29, 1.82) is 0 Å².